The number of carbonyl (C=O) groups is 1. The molecule has 0 amide bonds. The Hall–Kier alpha value is -1.06. The van der Waals surface area contributed by atoms with Crippen LogP contribution in [0.3, 0.4) is 0 Å². The summed E-state index contributed by atoms with van der Waals surface area (Å²) in [6.07, 6.45) is 3.34. The Bertz CT molecular complexity index is 549. The second kappa shape index (κ2) is 5.93. The second-order valence-corrected chi connectivity index (χ2v) is 7.13. The van der Waals surface area contributed by atoms with E-state index in [-0.39, 0.29) is 23.9 Å². The molecule has 2 heterocycles. The molecule has 0 bridgehead atoms. The number of rotatable bonds is 6. The molecule has 19 heavy (non-hydrogen) atoms. The summed E-state index contributed by atoms with van der Waals surface area (Å²) in [5, 5.41) is 12.4. The first kappa shape index (κ1) is 14.4. The zero-order chi connectivity index (χ0) is 13.9. The summed E-state index contributed by atoms with van der Waals surface area (Å²) in [7, 11) is -3.56. The first-order valence-electron chi connectivity index (χ1n) is 5.82. The Morgan fingerprint density at radius 3 is 3.05 bits per heavy atom. The fourth-order valence-electron chi connectivity index (χ4n) is 1.73. The topological polar surface area (TPSA) is 101 Å². The van der Waals surface area contributed by atoms with Crippen molar-refractivity contribution in [2.75, 3.05) is 11.5 Å². The molecule has 1 unspecified atom stereocenters. The molecular formula is C10H15N3O4S2. The standard InChI is InChI=1S/C10H15N3O4S2/c14-10(15)1-3-13-6-9(5-11-13)19(16,17)12-8-2-4-18-7-8/h5-6,8,12H,1-4,7H2,(H,14,15). The van der Waals surface area contributed by atoms with Gasteiger partial charge in [-0.2, -0.15) is 16.9 Å². The number of hydrogen-bond donors (Lipinski definition) is 2. The van der Waals surface area contributed by atoms with Crippen LogP contribution in [0.15, 0.2) is 17.3 Å². The van der Waals surface area contributed by atoms with Crippen molar-refractivity contribution in [1.82, 2.24) is 14.5 Å². The lowest BCUT2D eigenvalue weighted by molar-refractivity contribution is -0.137. The minimum Gasteiger partial charge on any atom is -0.481 e. The highest BCUT2D eigenvalue weighted by Gasteiger charge is 2.24. The summed E-state index contributed by atoms with van der Waals surface area (Å²) in [6.45, 7) is 0.157. The van der Waals surface area contributed by atoms with E-state index in [9.17, 15) is 13.2 Å². The number of nitrogens with zero attached hydrogens (tertiary/aromatic N) is 2. The Labute approximate surface area is 115 Å². The van der Waals surface area contributed by atoms with Crippen LogP contribution < -0.4 is 4.72 Å². The average Bonchev–Trinajstić information content (AvgIpc) is 2.96. The Balaban J connectivity index is 2.01. The molecule has 0 aliphatic carbocycles. The molecule has 0 aromatic carbocycles. The summed E-state index contributed by atoms with van der Waals surface area (Å²) in [6, 6.07) is -0.0302. The Morgan fingerprint density at radius 1 is 1.63 bits per heavy atom. The molecule has 1 aliphatic rings. The SMILES string of the molecule is O=C(O)CCn1cc(S(=O)(=O)NC2CCSC2)cn1. The van der Waals surface area contributed by atoms with E-state index in [2.05, 4.69) is 9.82 Å². The van der Waals surface area contributed by atoms with Crippen LogP contribution in [0.25, 0.3) is 0 Å². The van der Waals surface area contributed by atoms with Crippen LogP contribution in [0.5, 0.6) is 0 Å². The molecule has 106 valence electrons. The maximum atomic E-state index is 12.0. The van der Waals surface area contributed by atoms with Crippen LogP contribution in [0, 0.1) is 0 Å². The van der Waals surface area contributed by atoms with Gasteiger partial charge in [0, 0.05) is 18.0 Å². The van der Waals surface area contributed by atoms with Gasteiger partial charge < -0.3 is 5.11 Å². The van der Waals surface area contributed by atoms with Gasteiger partial charge in [-0.15, -0.1) is 0 Å². The second-order valence-electron chi connectivity index (χ2n) is 4.26. The van der Waals surface area contributed by atoms with Gasteiger partial charge in [-0.1, -0.05) is 0 Å². The Morgan fingerprint density at radius 2 is 2.42 bits per heavy atom. The maximum absolute atomic E-state index is 12.0. The van der Waals surface area contributed by atoms with Crippen LogP contribution in [-0.4, -0.2) is 46.8 Å². The molecule has 2 N–H and O–H groups in total. The largest absolute Gasteiger partial charge is 0.481 e. The lowest BCUT2D eigenvalue weighted by Gasteiger charge is -2.10. The van der Waals surface area contributed by atoms with E-state index in [0.29, 0.717) is 0 Å². The van der Waals surface area contributed by atoms with Crippen LogP contribution in [0.1, 0.15) is 12.8 Å². The van der Waals surface area contributed by atoms with E-state index >= 15 is 0 Å². The van der Waals surface area contributed by atoms with Gasteiger partial charge in [-0.05, 0) is 12.2 Å². The molecule has 1 saturated heterocycles. The summed E-state index contributed by atoms with van der Waals surface area (Å²) >= 11 is 1.72. The van der Waals surface area contributed by atoms with E-state index in [1.807, 2.05) is 0 Å². The van der Waals surface area contributed by atoms with Crippen LogP contribution in [0.2, 0.25) is 0 Å². The van der Waals surface area contributed by atoms with Crippen LogP contribution in [0.4, 0.5) is 0 Å². The van der Waals surface area contributed by atoms with Crippen molar-refractivity contribution >= 4 is 27.8 Å². The normalized spacial score (nSPS) is 19.7. The zero-order valence-corrected chi connectivity index (χ0v) is 11.8. The number of carboxylic acids is 1. The number of hydrogen-bond acceptors (Lipinski definition) is 5. The summed E-state index contributed by atoms with van der Waals surface area (Å²) in [5.74, 6) is 0.804. The van der Waals surface area contributed by atoms with E-state index in [0.717, 1.165) is 17.9 Å². The van der Waals surface area contributed by atoms with E-state index in [4.69, 9.17) is 5.11 Å². The van der Waals surface area contributed by atoms with Crippen molar-refractivity contribution in [3.05, 3.63) is 12.4 Å². The van der Waals surface area contributed by atoms with Crippen molar-refractivity contribution < 1.29 is 18.3 Å². The third-order valence-electron chi connectivity index (χ3n) is 2.73. The quantitative estimate of drug-likeness (QED) is 0.775. The number of sulfonamides is 1. The number of aryl methyl sites for hydroxylation is 1. The predicted octanol–water partition coefficient (Wildman–Crippen LogP) is 0.142. The molecule has 2 rings (SSSR count). The number of nitrogens with one attached hydrogen (secondary N) is 1. The fraction of sp³-hybridized carbons (Fsp3) is 0.600. The van der Waals surface area contributed by atoms with Gasteiger partial charge in [0.25, 0.3) is 0 Å². The number of aliphatic carboxylic acids is 1. The maximum Gasteiger partial charge on any atom is 0.305 e. The molecule has 0 saturated carbocycles. The van der Waals surface area contributed by atoms with Gasteiger partial charge in [0.1, 0.15) is 4.90 Å². The molecule has 0 radical (unpaired) electrons. The van der Waals surface area contributed by atoms with Crippen molar-refractivity contribution in [2.24, 2.45) is 0 Å². The summed E-state index contributed by atoms with van der Waals surface area (Å²) in [5.41, 5.74) is 0. The molecule has 7 nitrogen and oxygen atoms in total. The molecule has 1 atom stereocenters. The van der Waals surface area contributed by atoms with E-state index in [1.165, 1.54) is 17.1 Å². The first-order valence-corrected chi connectivity index (χ1v) is 8.45. The van der Waals surface area contributed by atoms with Gasteiger partial charge >= 0.3 is 5.97 Å². The van der Waals surface area contributed by atoms with Crippen LogP contribution in [-0.2, 0) is 21.4 Å². The van der Waals surface area contributed by atoms with Crippen molar-refractivity contribution in [1.29, 1.82) is 0 Å². The lowest BCUT2D eigenvalue weighted by atomic mass is 10.3. The lowest BCUT2D eigenvalue weighted by Crippen LogP contribution is -2.34. The van der Waals surface area contributed by atoms with Crippen molar-refractivity contribution in [3.63, 3.8) is 0 Å². The number of aromatic nitrogens is 2. The number of carboxylic acid groups (broad SMARTS) is 1. The molecule has 0 spiro atoms. The predicted molar refractivity (Wildman–Crippen MR) is 70.5 cm³/mol. The van der Waals surface area contributed by atoms with E-state index < -0.39 is 16.0 Å². The van der Waals surface area contributed by atoms with Gasteiger partial charge in [-0.25, -0.2) is 13.1 Å². The minimum atomic E-state index is -3.56. The van der Waals surface area contributed by atoms with Crippen molar-refractivity contribution in [2.45, 2.75) is 30.3 Å². The van der Waals surface area contributed by atoms with Gasteiger partial charge in [0.15, 0.2) is 0 Å². The highest BCUT2D eigenvalue weighted by molar-refractivity contribution is 7.99. The average molecular weight is 305 g/mol. The molecule has 1 fully saturated rings. The third kappa shape index (κ3) is 3.95. The number of thioether (sulfide) groups is 1. The third-order valence-corrected chi connectivity index (χ3v) is 5.36. The van der Waals surface area contributed by atoms with Crippen molar-refractivity contribution in [3.8, 4) is 0 Å². The van der Waals surface area contributed by atoms with Crippen LogP contribution >= 0.6 is 11.8 Å². The Kier molecular flexibility index (Phi) is 4.48. The molecule has 9 heteroatoms. The summed E-state index contributed by atoms with van der Waals surface area (Å²) < 4.78 is 28.1. The first-order chi connectivity index (χ1) is 8.97. The summed E-state index contributed by atoms with van der Waals surface area (Å²) in [4.78, 5) is 10.5. The highest BCUT2D eigenvalue weighted by atomic mass is 32.2. The molecule has 1 aliphatic heterocycles. The van der Waals surface area contributed by atoms with E-state index in [1.54, 1.807) is 11.8 Å². The molecule has 1 aromatic rings. The smallest absolute Gasteiger partial charge is 0.305 e. The highest BCUT2D eigenvalue weighted by Crippen LogP contribution is 2.19. The fourth-order valence-corrected chi connectivity index (χ4v) is 4.21. The zero-order valence-electron chi connectivity index (χ0n) is 10.2. The molecule has 1 aromatic heterocycles. The minimum absolute atomic E-state index is 0.0302. The van der Waals surface area contributed by atoms with Gasteiger partial charge in [-0.3, -0.25) is 9.48 Å². The van der Waals surface area contributed by atoms with Gasteiger partial charge in [0.2, 0.25) is 10.0 Å². The molecular weight excluding hydrogens is 290 g/mol. The van der Waals surface area contributed by atoms with Gasteiger partial charge in [0.05, 0.1) is 19.2 Å². The monoisotopic (exact) mass is 305 g/mol.